The maximum absolute atomic E-state index is 13.0. The largest absolute Gasteiger partial charge is 0.524 e. The van der Waals surface area contributed by atoms with Crippen LogP contribution in [0.4, 0.5) is 4.79 Å². The molecule has 0 spiro atoms. The molecule has 16 heteroatoms. The van der Waals surface area contributed by atoms with Crippen molar-refractivity contribution in [2.75, 3.05) is 19.4 Å². The second-order valence-corrected chi connectivity index (χ2v) is 14.7. The van der Waals surface area contributed by atoms with Crippen molar-refractivity contribution in [1.82, 2.24) is 14.9 Å². The van der Waals surface area contributed by atoms with Crippen LogP contribution in [0, 0.1) is 29.1 Å². The molecule has 0 bridgehead atoms. The Labute approximate surface area is 259 Å². The van der Waals surface area contributed by atoms with Gasteiger partial charge in [-0.25, -0.2) is 22.6 Å². The second kappa shape index (κ2) is 13.1. The number of nitrogens with zero attached hydrogens (tertiary/aromatic N) is 2. The number of aliphatic hydroxyl groups excluding tert-OH is 1. The molecule has 2 heterocycles. The highest BCUT2D eigenvalue weighted by Crippen LogP contribution is 2.44. The number of para-hydroxylation sites is 1. The zero-order valence-electron chi connectivity index (χ0n) is 24.5. The molecule has 1 atom stereocenters. The number of rotatable bonds is 11. The molecule has 240 valence electrons. The van der Waals surface area contributed by atoms with E-state index in [1.165, 1.54) is 34.6 Å². The normalized spacial score (nSPS) is 16.3. The minimum Gasteiger partial charge on any atom is -0.404 e. The van der Waals surface area contributed by atoms with Gasteiger partial charge in [0.2, 0.25) is 0 Å². The van der Waals surface area contributed by atoms with Gasteiger partial charge in [-0.15, -0.1) is 0 Å². The quantitative estimate of drug-likeness (QED) is 0.154. The number of aryl methyl sites for hydroxylation is 1. The second-order valence-electron chi connectivity index (χ2n) is 11.1. The molecular formula is C29H32N3O11PS. The van der Waals surface area contributed by atoms with Gasteiger partial charge >= 0.3 is 19.8 Å². The number of amides is 2. The van der Waals surface area contributed by atoms with Gasteiger partial charge in [-0.3, -0.25) is 19.1 Å². The number of hydroxylamine groups is 1. The summed E-state index contributed by atoms with van der Waals surface area (Å²) in [4.78, 5) is 62.6. The highest BCUT2D eigenvalue weighted by Gasteiger charge is 2.45. The van der Waals surface area contributed by atoms with Gasteiger partial charge in [-0.05, 0) is 62.1 Å². The molecule has 0 saturated heterocycles. The van der Waals surface area contributed by atoms with Crippen LogP contribution in [0.1, 0.15) is 49.4 Å². The van der Waals surface area contributed by atoms with Gasteiger partial charge in [0.25, 0.3) is 5.91 Å². The zero-order chi connectivity index (χ0) is 33.0. The van der Waals surface area contributed by atoms with E-state index >= 15 is 0 Å². The molecule has 4 N–H and O–H groups in total. The highest BCUT2D eigenvalue weighted by molar-refractivity contribution is 7.92. The summed E-state index contributed by atoms with van der Waals surface area (Å²) >= 11 is 0. The van der Waals surface area contributed by atoms with Gasteiger partial charge in [0.1, 0.15) is 5.75 Å². The molecule has 1 aliphatic heterocycles. The summed E-state index contributed by atoms with van der Waals surface area (Å²) in [6.45, 7) is 1.22. The Morgan fingerprint density at radius 2 is 1.91 bits per heavy atom. The van der Waals surface area contributed by atoms with Crippen molar-refractivity contribution < 1.29 is 51.6 Å². The Morgan fingerprint density at radius 1 is 1.20 bits per heavy atom. The third-order valence-corrected chi connectivity index (χ3v) is 10.1. The topological polar surface area (TPSA) is 202 Å². The molecule has 1 aromatic carbocycles. The lowest BCUT2D eigenvalue weighted by molar-refractivity contribution is -0.159. The average Bonchev–Trinajstić information content (AvgIpc) is 3.55. The lowest BCUT2D eigenvalue weighted by Crippen LogP contribution is -2.52. The van der Waals surface area contributed by atoms with Crippen LogP contribution >= 0.6 is 7.82 Å². The molecule has 2 amide bonds. The maximum Gasteiger partial charge on any atom is 0.524 e. The predicted octanol–water partition coefficient (Wildman–Crippen LogP) is 1.27. The van der Waals surface area contributed by atoms with Gasteiger partial charge in [0, 0.05) is 30.3 Å². The molecule has 0 radical (unpaired) electrons. The molecular weight excluding hydrogens is 629 g/mol. The van der Waals surface area contributed by atoms with Crippen LogP contribution < -0.4 is 10.0 Å². The summed E-state index contributed by atoms with van der Waals surface area (Å²) in [7, 11) is -8.90. The number of carbonyl (C=O) groups excluding carboxylic acids is 3. The van der Waals surface area contributed by atoms with Crippen LogP contribution in [-0.4, -0.2) is 74.8 Å². The molecule has 4 rings (SSSR count). The van der Waals surface area contributed by atoms with E-state index in [0.29, 0.717) is 16.8 Å². The predicted molar refractivity (Wildman–Crippen MR) is 159 cm³/mol. The number of aliphatic hydroxyl groups is 1. The van der Waals surface area contributed by atoms with Gasteiger partial charge in [-0.2, -0.15) is 5.48 Å². The molecule has 45 heavy (non-hydrogen) atoms. The summed E-state index contributed by atoms with van der Waals surface area (Å²) in [5, 5.41) is 9.32. The number of hydrogen-bond acceptors (Lipinski definition) is 9. The van der Waals surface area contributed by atoms with Crippen LogP contribution in [0.2, 0.25) is 0 Å². The highest BCUT2D eigenvalue weighted by atomic mass is 32.2. The number of benzene rings is 1. The lowest BCUT2D eigenvalue weighted by Gasteiger charge is -2.28. The minimum absolute atomic E-state index is 0.00477. The van der Waals surface area contributed by atoms with E-state index in [-0.39, 0.29) is 50.1 Å². The smallest absolute Gasteiger partial charge is 0.404 e. The number of carbonyl (C=O) groups is 3. The summed E-state index contributed by atoms with van der Waals surface area (Å²) < 4.78 is 40.5. The first kappa shape index (κ1) is 33.8. The van der Waals surface area contributed by atoms with Crippen molar-refractivity contribution >= 4 is 35.6 Å². The van der Waals surface area contributed by atoms with Crippen molar-refractivity contribution in [3.63, 3.8) is 0 Å². The monoisotopic (exact) mass is 661 g/mol. The Hall–Kier alpha value is -4.11. The van der Waals surface area contributed by atoms with Crippen molar-refractivity contribution in [1.29, 1.82) is 0 Å². The van der Waals surface area contributed by atoms with Crippen LogP contribution in [0.15, 0.2) is 36.5 Å². The molecule has 2 aromatic rings. The van der Waals surface area contributed by atoms with Crippen LogP contribution in [0.5, 0.6) is 5.75 Å². The van der Waals surface area contributed by atoms with Crippen molar-refractivity contribution in [2.45, 2.75) is 50.3 Å². The molecule has 2 aliphatic rings. The van der Waals surface area contributed by atoms with E-state index in [1.807, 2.05) is 5.48 Å². The Balaban J connectivity index is 1.31. The van der Waals surface area contributed by atoms with Crippen LogP contribution in [0.3, 0.4) is 0 Å². The molecule has 0 unspecified atom stereocenters. The van der Waals surface area contributed by atoms with Gasteiger partial charge < -0.3 is 19.4 Å². The van der Waals surface area contributed by atoms with E-state index < -0.39 is 40.3 Å². The van der Waals surface area contributed by atoms with Crippen LogP contribution in [-0.2, 0) is 41.8 Å². The summed E-state index contributed by atoms with van der Waals surface area (Å²) in [6.07, 6.45) is 3.40. The number of fused-ring (bicyclic) bond motifs is 1. The van der Waals surface area contributed by atoms with E-state index in [0.717, 1.165) is 19.1 Å². The Bertz CT molecular complexity index is 1790. The number of aromatic nitrogens is 1. The Kier molecular flexibility index (Phi) is 9.82. The fourth-order valence-electron chi connectivity index (χ4n) is 4.45. The maximum atomic E-state index is 13.0. The van der Waals surface area contributed by atoms with Crippen molar-refractivity contribution in [2.24, 2.45) is 5.41 Å². The molecule has 14 nitrogen and oxygen atoms in total. The van der Waals surface area contributed by atoms with Gasteiger partial charge in [0.05, 0.1) is 25.0 Å². The number of phosphoric ester groups is 1. The van der Waals surface area contributed by atoms with E-state index in [1.54, 1.807) is 18.3 Å². The van der Waals surface area contributed by atoms with E-state index in [4.69, 9.17) is 14.6 Å². The average molecular weight is 662 g/mol. The van der Waals surface area contributed by atoms with Gasteiger partial charge in [-0.1, -0.05) is 30.0 Å². The van der Waals surface area contributed by atoms with E-state index in [2.05, 4.69) is 28.2 Å². The van der Waals surface area contributed by atoms with Crippen molar-refractivity contribution in [3.05, 3.63) is 53.3 Å². The SMILES string of the molecule is C[C@@](CCN1Cc2cc(C#CC#CC3(CO)CC3)cn2C1=O)(C(=O)NOC(=O)CCc1ccccc1OP(=O)(O)O)S(C)(=O)=O. The molecule has 1 aliphatic carbocycles. The first-order valence-corrected chi connectivity index (χ1v) is 17.2. The standard InChI is InChI=1S/C29H32N3O11PS/c1-28(45(2,40)41,26(35)30-42-25(34)11-10-22-8-3-4-9-24(22)43-44(37,38)39)15-16-31-19-23-17-21(18-32(23)27(31)36)7-5-6-12-29(20-33)13-14-29/h3-4,8-9,17-18,33H,10-11,13-16,19-20H2,1-2H3,(H,30,35)(H2,37,38,39)/t28-/m1/s1. The number of phosphoric acid groups is 1. The minimum atomic E-state index is -4.84. The number of hydrogen-bond donors (Lipinski definition) is 4. The summed E-state index contributed by atoms with van der Waals surface area (Å²) in [5.74, 6) is 9.11. The van der Waals surface area contributed by atoms with E-state index in [9.17, 15) is 32.5 Å². The van der Waals surface area contributed by atoms with Crippen molar-refractivity contribution in [3.8, 4) is 29.4 Å². The fraction of sp³-hybridized carbons (Fsp3) is 0.414. The lowest BCUT2D eigenvalue weighted by atomic mass is 10.1. The number of nitrogens with one attached hydrogen (secondary N) is 1. The molecule has 1 saturated carbocycles. The first-order valence-electron chi connectivity index (χ1n) is 13.7. The van der Waals surface area contributed by atoms with Crippen LogP contribution in [0.25, 0.3) is 0 Å². The third kappa shape index (κ3) is 8.34. The van der Waals surface area contributed by atoms with Gasteiger partial charge in [0.15, 0.2) is 14.6 Å². The first-order chi connectivity index (χ1) is 21.1. The molecule has 1 fully saturated rings. The molecule has 1 aromatic heterocycles. The third-order valence-electron chi connectivity index (χ3n) is 7.69. The Morgan fingerprint density at radius 3 is 2.53 bits per heavy atom. The zero-order valence-corrected chi connectivity index (χ0v) is 26.2. The number of sulfone groups is 1. The summed E-state index contributed by atoms with van der Waals surface area (Å²) in [5.41, 5.74) is 3.04. The fourth-order valence-corrected chi connectivity index (χ4v) is 5.72. The summed E-state index contributed by atoms with van der Waals surface area (Å²) in [6, 6.07) is 7.15.